The predicted molar refractivity (Wildman–Crippen MR) is 72.6 cm³/mol. The summed E-state index contributed by atoms with van der Waals surface area (Å²) in [6, 6.07) is 5.64. The van der Waals surface area contributed by atoms with Crippen molar-refractivity contribution in [2.45, 2.75) is 18.7 Å². The minimum atomic E-state index is -3.60. The molecule has 1 aromatic carbocycles. The number of sulfone groups is 1. The maximum atomic E-state index is 11.8. The molecule has 0 spiro atoms. The second-order valence-electron chi connectivity index (χ2n) is 4.22. The van der Waals surface area contributed by atoms with Crippen LogP contribution in [0, 0.1) is 0 Å². The van der Waals surface area contributed by atoms with Crippen LogP contribution < -0.4 is 5.32 Å². The van der Waals surface area contributed by atoms with Gasteiger partial charge in [0.2, 0.25) is 0 Å². The van der Waals surface area contributed by atoms with Crippen LogP contribution >= 0.6 is 0 Å². The lowest BCUT2D eigenvalue weighted by Gasteiger charge is -2.06. The van der Waals surface area contributed by atoms with E-state index in [4.69, 9.17) is 0 Å². The Morgan fingerprint density at radius 1 is 1.16 bits per heavy atom. The number of benzene rings is 1. The van der Waals surface area contributed by atoms with Crippen molar-refractivity contribution in [1.82, 2.24) is 0 Å². The van der Waals surface area contributed by atoms with Crippen molar-refractivity contribution in [3.05, 3.63) is 36.4 Å². The maximum absolute atomic E-state index is 11.8. The van der Waals surface area contributed by atoms with Gasteiger partial charge in [-0.15, -0.1) is 0 Å². The van der Waals surface area contributed by atoms with Crippen molar-refractivity contribution < 1.29 is 18.0 Å². The number of amides is 1. The van der Waals surface area contributed by atoms with Crippen molar-refractivity contribution >= 4 is 27.2 Å². The highest BCUT2D eigenvalue weighted by atomic mass is 32.2. The third-order valence-electron chi connectivity index (χ3n) is 2.25. The zero-order chi connectivity index (χ0) is 14.6. The first-order valence-electron chi connectivity index (χ1n) is 5.51. The molecule has 0 unspecified atom stereocenters. The topological polar surface area (TPSA) is 80.3 Å². The first-order valence-corrected chi connectivity index (χ1v) is 7.17. The molecule has 0 bridgehead atoms. The molecule has 1 rings (SSSR count). The van der Waals surface area contributed by atoms with E-state index in [1.165, 1.54) is 31.2 Å². The zero-order valence-corrected chi connectivity index (χ0v) is 11.6. The first-order chi connectivity index (χ1) is 8.72. The summed E-state index contributed by atoms with van der Waals surface area (Å²) >= 11 is 0. The molecule has 0 aliphatic heterocycles. The molecule has 0 saturated carbocycles. The van der Waals surface area contributed by atoms with Crippen LogP contribution in [-0.4, -0.2) is 25.9 Å². The summed E-state index contributed by atoms with van der Waals surface area (Å²) in [5.74, 6) is -1.27. The van der Waals surface area contributed by atoms with Crippen molar-refractivity contribution in [2.75, 3.05) is 11.1 Å². The molecule has 1 N–H and O–H groups in total. The monoisotopic (exact) mass is 281 g/mol. The Bertz CT molecular complexity index is 615. The van der Waals surface area contributed by atoms with Crippen LogP contribution in [0.5, 0.6) is 0 Å². The molecule has 1 amide bonds. The maximum Gasteiger partial charge on any atom is 0.250 e. The van der Waals surface area contributed by atoms with Gasteiger partial charge in [0.1, 0.15) is 11.5 Å². The van der Waals surface area contributed by atoms with E-state index >= 15 is 0 Å². The van der Waals surface area contributed by atoms with E-state index in [0.29, 0.717) is 11.3 Å². The van der Waals surface area contributed by atoms with Gasteiger partial charge in [-0.2, -0.15) is 0 Å². The lowest BCUT2D eigenvalue weighted by atomic mass is 10.3. The van der Waals surface area contributed by atoms with Crippen LogP contribution in [0.4, 0.5) is 5.69 Å². The number of hydrogen-bond donors (Lipinski definition) is 1. The fraction of sp³-hybridized carbons (Fsp3) is 0.231. The van der Waals surface area contributed by atoms with E-state index in [2.05, 4.69) is 11.9 Å². The second-order valence-corrected chi connectivity index (χ2v) is 6.21. The number of ketones is 1. The summed E-state index contributed by atoms with van der Waals surface area (Å²) < 4.78 is 23.5. The number of rotatable bonds is 5. The van der Waals surface area contributed by atoms with E-state index in [9.17, 15) is 18.0 Å². The molecule has 6 heteroatoms. The quantitative estimate of drug-likeness (QED) is 0.831. The Kier molecular flexibility index (Phi) is 4.61. The Balaban J connectivity index is 2.91. The van der Waals surface area contributed by atoms with Gasteiger partial charge in [0.05, 0.1) is 4.90 Å². The van der Waals surface area contributed by atoms with Gasteiger partial charge >= 0.3 is 0 Å². The first kappa shape index (κ1) is 15.1. The molecule has 0 aliphatic rings. The van der Waals surface area contributed by atoms with Gasteiger partial charge < -0.3 is 5.32 Å². The highest BCUT2D eigenvalue weighted by Gasteiger charge is 2.16. The van der Waals surface area contributed by atoms with E-state index in [-0.39, 0.29) is 10.8 Å². The average molecular weight is 281 g/mol. The van der Waals surface area contributed by atoms with Gasteiger partial charge in [-0.3, -0.25) is 9.59 Å². The molecule has 0 atom stereocenters. The summed E-state index contributed by atoms with van der Waals surface area (Å²) in [4.78, 5) is 22.3. The fourth-order valence-electron chi connectivity index (χ4n) is 1.33. The van der Waals surface area contributed by atoms with E-state index in [1.807, 2.05) is 0 Å². The fourth-order valence-corrected chi connectivity index (χ4v) is 2.59. The highest BCUT2D eigenvalue weighted by Crippen LogP contribution is 2.16. The molecule has 0 aromatic heterocycles. The standard InChI is InChI=1S/C13H15NO4S/c1-9(2)13(16)14-11-4-6-12(7-5-11)19(17,18)8-10(3)15/h4-7H,1,8H2,2-3H3,(H,14,16). The Labute approximate surface area is 112 Å². The number of Topliss-reactive ketones (excluding diaryl/α,β-unsaturated/α-hetero) is 1. The molecule has 0 saturated heterocycles. The van der Waals surface area contributed by atoms with Crippen molar-refractivity contribution in [3.8, 4) is 0 Å². The number of hydrogen-bond acceptors (Lipinski definition) is 4. The molecule has 102 valence electrons. The zero-order valence-electron chi connectivity index (χ0n) is 10.8. The smallest absolute Gasteiger partial charge is 0.250 e. The Morgan fingerprint density at radius 2 is 1.68 bits per heavy atom. The van der Waals surface area contributed by atoms with Gasteiger partial charge in [0.15, 0.2) is 9.84 Å². The minimum Gasteiger partial charge on any atom is -0.322 e. The van der Waals surface area contributed by atoms with Gasteiger partial charge in [-0.1, -0.05) is 6.58 Å². The molecule has 0 radical (unpaired) electrons. The number of carbonyl (C=O) groups excluding carboxylic acids is 2. The normalized spacial score (nSPS) is 10.8. The molecule has 0 aliphatic carbocycles. The second kappa shape index (κ2) is 5.79. The molecule has 5 nitrogen and oxygen atoms in total. The van der Waals surface area contributed by atoms with Gasteiger partial charge in [-0.25, -0.2) is 8.42 Å². The van der Waals surface area contributed by atoms with Crippen LogP contribution in [-0.2, 0) is 19.4 Å². The van der Waals surface area contributed by atoms with Gasteiger partial charge in [0, 0.05) is 11.3 Å². The van der Waals surface area contributed by atoms with E-state index < -0.39 is 21.4 Å². The van der Waals surface area contributed by atoms with Crippen LogP contribution in [0.15, 0.2) is 41.3 Å². The highest BCUT2D eigenvalue weighted by molar-refractivity contribution is 7.92. The third kappa shape index (κ3) is 4.33. The summed E-state index contributed by atoms with van der Waals surface area (Å²) in [5, 5.41) is 2.56. The number of nitrogens with one attached hydrogen (secondary N) is 1. The lowest BCUT2D eigenvalue weighted by molar-refractivity contribution is -0.115. The summed E-state index contributed by atoms with van der Waals surface area (Å²) in [6.07, 6.45) is 0. The molecular weight excluding hydrogens is 266 g/mol. The number of anilines is 1. The number of carbonyl (C=O) groups is 2. The average Bonchev–Trinajstić information content (AvgIpc) is 2.27. The minimum absolute atomic E-state index is 0.0519. The Hall–Kier alpha value is -1.95. The molecular formula is C13H15NO4S. The van der Waals surface area contributed by atoms with Gasteiger partial charge in [0.25, 0.3) is 5.91 Å². The van der Waals surface area contributed by atoms with Crippen LogP contribution in [0.25, 0.3) is 0 Å². The summed E-state index contributed by atoms with van der Waals surface area (Å²) in [5.41, 5.74) is 0.822. The largest absolute Gasteiger partial charge is 0.322 e. The lowest BCUT2D eigenvalue weighted by Crippen LogP contribution is -2.14. The SMILES string of the molecule is C=C(C)C(=O)Nc1ccc(S(=O)(=O)CC(C)=O)cc1. The molecule has 0 fully saturated rings. The van der Waals surface area contributed by atoms with Crippen molar-refractivity contribution in [2.24, 2.45) is 0 Å². The van der Waals surface area contributed by atoms with Crippen LogP contribution in [0.3, 0.4) is 0 Å². The van der Waals surface area contributed by atoms with Crippen LogP contribution in [0.1, 0.15) is 13.8 Å². The van der Waals surface area contributed by atoms with E-state index in [0.717, 1.165) is 0 Å². The summed E-state index contributed by atoms with van der Waals surface area (Å²) in [6.45, 7) is 6.29. The Morgan fingerprint density at radius 3 is 2.11 bits per heavy atom. The predicted octanol–water partition coefficient (Wildman–Crippen LogP) is 1.56. The molecule has 19 heavy (non-hydrogen) atoms. The summed E-state index contributed by atoms with van der Waals surface area (Å²) in [7, 11) is -3.60. The van der Waals surface area contributed by atoms with E-state index in [1.54, 1.807) is 6.92 Å². The molecule has 1 aromatic rings. The van der Waals surface area contributed by atoms with Crippen molar-refractivity contribution in [1.29, 1.82) is 0 Å². The van der Waals surface area contributed by atoms with Crippen LogP contribution in [0.2, 0.25) is 0 Å². The molecule has 0 heterocycles. The third-order valence-corrected chi connectivity index (χ3v) is 4.03. The van der Waals surface area contributed by atoms with Crippen molar-refractivity contribution in [3.63, 3.8) is 0 Å². The van der Waals surface area contributed by atoms with Gasteiger partial charge in [-0.05, 0) is 38.1 Å².